The molecule has 0 aliphatic rings. The van der Waals surface area contributed by atoms with Gasteiger partial charge in [-0.3, -0.25) is 20.2 Å². The number of hydrogen-bond donors (Lipinski definition) is 4. The molecule has 2 heterocycles. The number of nitro benzene ring substituents is 2. The van der Waals surface area contributed by atoms with Gasteiger partial charge in [-0.05, 0) is 106 Å². The van der Waals surface area contributed by atoms with E-state index in [0.717, 1.165) is 33.2 Å². The largest absolute Gasteiger partial charge is 0.519 e. The maximum atomic E-state index is 11.8. The lowest BCUT2D eigenvalue weighted by molar-refractivity contribution is -0.384. The van der Waals surface area contributed by atoms with Gasteiger partial charge in [0.05, 0.1) is 9.85 Å². The topological polar surface area (TPSA) is 247 Å². The first-order valence-corrected chi connectivity index (χ1v) is 20.8. The SMILES string of the molecule is CC(C)(C)OC(=O)NCC(C)(C)c1cc2cc([N+](=O)[O-])ccc2[nH]1.CC(C)(C)OC(=O)OC(=O)OC(C)(C)C.CC(C)(CN)c1cc2cc([N+](=O)[O-])ccc2[nH]1.CCN(CC)CC. The van der Waals surface area contributed by atoms with Crippen molar-refractivity contribution in [2.75, 3.05) is 32.7 Å². The van der Waals surface area contributed by atoms with Crippen molar-refractivity contribution in [1.29, 1.82) is 0 Å². The molecular weight excluding hydrogens is 815 g/mol. The average molecular weight is 886 g/mol. The van der Waals surface area contributed by atoms with Gasteiger partial charge in [-0.15, -0.1) is 0 Å². The van der Waals surface area contributed by atoms with Crippen LogP contribution in [0.5, 0.6) is 0 Å². The molecule has 18 nitrogen and oxygen atoms in total. The molecule has 18 heteroatoms. The van der Waals surface area contributed by atoms with E-state index in [1.54, 1.807) is 59.7 Å². The smallest absolute Gasteiger partial charge is 0.444 e. The van der Waals surface area contributed by atoms with Crippen molar-refractivity contribution in [1.82, 2.24) is 20.2 Å². The van der Waals surface area contributed by atoms with E-state index >= 15 is 0 Å². The second kappa shape index (κ2) is 23.1. The Morgan fingerprint density at radius 1 is 0.619 bits per heavy atom. The molecule has 352 valence electrons. The van der Waals surface area contributed by atoms with E-state index < -0.39 is 40.1 Å². The van der Waals surface area contributed by atoms with Crippen LogP contribution in [0.1, 0.15) is 122 Å². The van der Waals surface area contributed by atoms with Crippen molar-refractivity contribution in [3.63, 3.8) is 0 Å². The maximum absolute atomic E-state index is 11.8. The number of nitro groups is 2. The van der Waals surface area contributed by atoms with Crippen LogP contribution < -0.4 is 11.1 Å². The number of aromatic amines is 2. The number of aromatic nitrogens is 2. The molecule has 2 aromatic heterocycles. The van der Waals surface area contributed by atoms with E-state index in [-0.39, 0.29) is 27.1 Å². The standard InChI is InChI=1S/C17H23N3O4.C12H15N3O2.C10H18O5.C6H15N/c1-16(2,3)24-15(21)18-10-17(4,5)14-9-11-8-12(20(22)23)6-7-13(11)19-14;1-12(2,7-13)11-6-8-5-9(15(16)17)3-4-10(8)14-11;1-9(2,3)14-7(11)13-8(12)15-10(4,5)6;1-4-7(5-2)6-3/h6-9,19H,10H2,1-5H3,(H,18,21);3-6,14H,7,13H2,1-2H3;1-6H3;4-6H2,1-3H3. The van der Waals surface area contributed by atoms with Gasteiger partial charge in [0.2, 0.25) is 0 Å². The van der Waals surface area contributed by atoms with Crippen LogP contribution in [0.25, 0.3) is 21.8 Å². The number of amides is 1. The van der Waals surface area contributed by atoms with E-state index in [1.165, 1.54) is 37.8 Å². The number of alkyl carbamates (subject to hydrolysis) is 1. The number of H-pyrrole nitrogens is 2. The maximum Gasteiger partial charge on any atom is 0.519 e. The van der Waals surface area contributed by atoms with Crippen LogP contribution in [0.2, 0.25) is 0 Å². The van der Waals surface area contributed by atoms with Gasteiger partial charge in [0.1, 0.15) is 16.8 Å². The highest BCUT2D eigenvalue weighted by Gasteiger charge is 2.27. The first kappa shape index (κ1) is 55.3. The molecule has 0 aliphatic carbocycles. The number of nitrogens with two attached hydrogens (primary N) is 1. The Morgan fingerprint density at radius 2 is 0.984 bits per heavy atom. The number of fused-ring (bicyclic) bond motifs is 2. The summed E-state index contributed by atoms with van der Waals surface area (Å²) < 4.78 is 19.0. The quantitative estimate of drug-likeness (QED) is 0.0381. The van der Waals surface area contributed by atoms with E-state index in [4.69, 9.17) is 19.9 Å². The van der Waals surface area contributed by atoms with Gasteiger partial charge in [-0.25, -0.2) is 14.4 Å². The Balaban J connectivity index is 0.000000451. The lowest BCUT2D eigenvalue weighted by Crippen LogP contribution is -2.39. The third-order valence-electron chi connectivity index (χ3n) is 8.96. The van der Waals surface area contributed by atoms with Crippen molar-refractivity contribution in [3.05, 3.63) is 80.1 Å². The Hall–Kier alpha value is -5.75. The molecule has 0 fully saturated rings. The lowest BCUT2D eigenvalue weighted by atomic mass is 9.89. The number of nitrogens with zero attached hydrogens (tertiary/aromatic N) is 3. The summed E-state index contributed by atoms with van der Waals surface area (Å²) >= 11 is 0. The summed E-state index contributed by atoms with van der Waals surface area (Å²) in [5, 5.41) is 25.9. The molecule has 0 saturated heterocycles. The van der Waals surface area contributed by atoms with Gasteiger partial charge in [0, 0.05) is 81.4 Å². The van der Waals surface area contributed by atoms with Crippen molar-refractivity contribution >= 4 is 51.6 Å². The van der Waals surface area contributed by atoms with Crippen LogP contribution in [0, 0.1) is 20.2 Å². The molecule has 4 aromatic rings. The summed E-state index contributed by atoms with van der Waals surface area (Å²) in [5.74, 6) is 0. The van der Waals surface area contributed by atoms with E-state index in [0.29, 0.717) is 13.1 Å². The highest BCUT2D eigenvalue weighted by Crippen LogP contribution is 2.29. The molecule has 2 aromatic carbocycles. The Kier molecular flexibility index (Phi) is 20.2. The molecule has 0 spiro atoms. The van der Waals surface area contributed by atoms with Gasteiger partial charge in [0.25, 0.3) is 11.4 Å². The number of carbonyl (C=O) groups is 3. The van der Waals surface area contributed by atoms with Crippen LogP contribution in [-0.2, 0) is 29.8 Å². The monoisotopic (exact) mass is 886 g/mol. The molecule has 4 rings (SSSR count). The van der Waals surface area contributed by atoms with Crippen molar-refractivity contribution in [2.45, 2.75) is 138 Å². The third-order valence-corrected chi connectivity index (χ3v) is 8.96. The highest BCUT2D eigenvalue weighted by atomic mass is 16.8. The Morgan fingerprint density at radius 3 is 1.29 bits per heavy atom. The van der Waals surface area contributed by atoms with Crippen LogP contribution in [0.4, 0.5) is 25.8 Å². The first-order valence-electron chi connectivity index (χ1n) is 20.8. The molecule has 0 aliphatic heterocycles. The number of benzene rings is 2. The summed E-state index contributed by atoms with van der Waals surface area (Å²) in [5.41, 5.74) is 6.98. The van der Waals surface area contributed by atoms with Gasteiger partial charge in [0.15, 0.2) is 0 Å². The van der Waals surface area contributed by atoms with Gasteiger partial charge in [-0.2, -0.15) is 0 Å². The molecule has 0 radical (unpaired) electrons. The molecule has 0 atom stereocenters. The number of rotatable bonds is 10. The fraction of sp³-hybridized carbons (Fsp3) is 0.578. The zero-order chi connectivity index (χ0) is 48.7. The normalized spacial score (nSPS) is 11.8. The van der Waals surface area contributed by atoms with Gasteiger partial charge in [-0.1, -0.05) is 48.5 Å². The molecule has 63 heavy (non-hydrogen) atoms. The summed E-state index contributed by atoms with van der Waals surface area (Å²) in [6.45, 7) is 34.5. The second-order valence-electron chi connectivity index (χ2n) is 18.9. The van der Waals surface area contributed by atoms with E-state index in [1.807, 2.05) is 60.6 Å². The second-order valence-corrected chi connectivity index (χ2v) is 18.9. The van der Waals surface area contributed by atoms with E-state index in [2.05, 4.69) is 45.7 Å². The fourth-order valence-corrected chi connectivity index (χ4v) is 5.29. The van der Waals surface area contributed by atoms with Crippen LogP contribution >= 0.6 is 0 Å². The van der Waals surface area contributed by atoms with Crippen LogP contribution in [0.15, 0.2) is 48.5 Å². The zero-order valence-corrected chi connectivity index (χ0v) is 40.1. The minimum atomic E-state index is -1.06. The molecule has 1 amide bonds. The summed E-state index contributed by atoms with van der Waals surface area (Å²) in [6.07, 6.45) is -2.59. The number of carbonyl (C=O) groups excluding carboxylic acids is 3. The molecule has 5 N–H and O–H groups in total. The predicted molar refractivity (Wildman–Crippen MR) is 246 cm³/mol. The summed E-state index contributed by atoms with van der Waals surface area (Å²) in [7, 11) is 0. The number of nitrogens with one attached hydrogen (secondary N) is 3. The summed E-state index contributed by atoms with van der Waals surface area (Å²) in [4.78, 5) is 63.5. The van der Waals surface area contributed by atoms with Crippen LogP contribution in [0.3, 0.4) is 0 Å². The molecule has 0 saturated carbocycles. The Labute approximate surface area is 371 Å². The van der Waals surface area contributed by atoms with E-state index in [9.17, 15) is 34.6 Å². The fourth-order valence-electron chi connectivity index (χ4n) is 5.29. The van der Waals surface area contributed by atoms with Crippen molar-refractivity contribution < 1.29 is 43.2 Å². The lowest BCUT2D eigenvalue weighted by Gasteiger charge is -2.25. The molecule has 0 unspecified atom stereocenters. The van der Waals surface area contributed by atoms with Crippen molar-refractivity contribution in [3.8, 4) is 0 Å². The zero-order valence-electron chi connectivity index (χ0n) is 40.1. The average Bonchev–Trinajstić information content (AvgIpc) is 3.78. The predicted octanol–water partition coefficient (Wildman–Crippen LogP) is 10.4. The summed E-state index contributed by atoms with van der Waals surface area (Å²) in [6, 6.07) is 13.3. The first-order chi connectivity index (χ1) is 28.8. The van der Waals surface area contributed by atoms with Crippen molar-refractivity contribution in [2.24, 2.45) is 5.73 Å². The molecular formula is C45H71N7O11. The van der Waals surface area contributed by atoms with Gasteiger partial charge < -0.3 is 44.9 Å². The minimum Gasteiger partial charge on any atom is -0.444 e. The third kappa shape index (κ3) is 20.3. The Bertz CT molecular complexity index is 2100. The molecule has 0 bridgehead atoms. The minimum absolute atomic E-state index is 0.0535. The number of ether oxygens (including phenoxy) is 4. The van der Waals surface area contributed by atoms with Crippen LogP contribution in [-0.4, -0.2) is 92.6 Å². The van der Waals surface area contributed by atoms with Gasteiger partial charge >= 0.3 is 18.4 Å². The highest BCUT2D eigenvalue weighted by molar-refractivity contribution is 5.84. The number of hydrogen-bond acceptors (Lipinski definition) is 13. The number of non-ortho nitro benzene ring substituents is 2.